The van der Waals surface area contributed by atoms with E-state index in [4.69, 9.17) is 14.8 Å². The van der Waals surface area contributed by atoms with Crippen LogP contribution in [0.1, 0.15) is 41.4 Å². The molecule has 0 radical (unpaired) electrons. The molecule has 0 saturated heterocycles. The van der Waals surface area contributed by atoms with E-state index in [0.29, 0.717) is 5.92 Å². The summed E-state index contributed by atoms with van der Waals surface area (Å²) in [6.45, 7) is 1.93. The maximum absolute atomic E-state index is 9.83. The molecule has 1 aromatic carbocycles. The summed E-state index contributed by atoms with van der Waals surface area (Å²) in [5.41, 5.74) is 3.59. The molecule has 6 heteroatoms. The lowest BCUT2D eigenvalue weighted by Crippen LogP contribution is -2.09. The van der Waals surface area contributed by atoms with Crippen molar-refractivity contribution in [3.8, 4) is 17.0 Å². The van der Waals surface area contributed by atoms with Crippen molar-refractivity contribution in [3.63, 3.8) is 0 Å². The van der Waals surface area contributed by atoms with Crippen molar-refractivity contribution < 1.29 is 9.84 Å². The number of hydrogen-bond acceptors (Lipinski definition) is 5. The monoisotopic (exact) mass is 329 g/mol. The fourth-order valence-corrected chi connectivity index (χ4v) is 4.11. The summed E-state index contributed by atoms with van der Waals surface area (Å²) in [6.07, 6.45) is 3.72. The highest BCUT2D eigenvalue weighted by Gasteiger charge is 2.25. The van der Waals surface area contributed by atoms with Crippen LogP contribution in [0.2, 0.25) is 0 Å². The first-order valence-electron chi connectivity index (χ1n) is 7.85. The molecule has 2 aromatic heterocycles. The first-order valence-corrected chi connectivity index (χ1v) is 8.67. The Bertz CT molecular complexity index is 864. The number of nitrogens with zero attached hydrogens (tertiary/aromatic N) is 3. The van der Waals surface area contributed by atoms with E-state index in [-0.39, 0.29) is 6.61 Å². The highest BCUT2D eigenvalue weighted by molar-refractivity contribution is 7.16. The molecule has 1 aliphatic carbocycles. The Kier molecular flexibility index (Phi) is 3.58. The van der Waals surface area contributed by atoms with Gasteiger partial charge < -0.3 is 9.84 Å². The Hall–Kier alpha value is -1.92. The average Bonchev–Trinajstić information content (AvgIpc) is 3.02. The van der Waals surface area contributed by atoms with Crippen LogP contribution in [0.25, 0.3) is 16.2 Å². The molecule has 1 aliphatic rings. The second-order valence-electron chi connectivity index (χ2n) is 6.01. The van der Waals surface area contributed by atoms with Crippen molar-refractivity contribution in [3.05, 3.63) is 34.5 Å². The SMILES string of the molecule is COc1ccc(-c2nc3sc(C4CCC4)nn3c2CO)cc1C. The van der Waals surface area contributed by atoms with Crippen LogP contribution in [-0.2, 0) is 6.61 Å². The Morgan fingerprint density at radius 3 is 2.83 bits per heavy atom. The summed E-state index contributed by atoms with van der Waals surface area (Å²) in [7, 11) is 1.67. The van der Waals surface area contributed by atoms with Crippen LogP contribution in [0.4, 0.5) is 0 Å². The summed E-state index contributed by atoms with van der Waals surface area (Å²) < 4.78 is 7.12. The molecule has 120 valence electrons. The van der Waals surface area contributed by atoms with Gasteiger partial charge in [-0.3, -0.25) is 0 Å². The summed E-state index contributed by atoms with van der Waals surface area (Å²) in [4.78, 5) is 5.59. The van der Waals surface area contributed by atoms with E-state index < -0.39 is 0 Å². The van der Waals surface area contributed by atoms with Gasteiger partial charge >= 0.3 is 0 Å². The molecule has 3 aromatic rings. The molecule has 0 amide bonds. The fraction of sp³-hybridized carbons (Fsp3) is 0.412. The summed E-state index contributed by atoms with van der Waals surface area (Å²) in [5, 5.41) is 15.7. The standard InChI is InChI=1S/C17H19N3O2S/c1-10-8-12(6-7-14(10)22-2)15-13(9-21)20-17(18-15)23-16(19-20)11-4-3-5-11/h6-8,11,21H,3-5,9H2,1-2H3. The summed E-state index contributed by atoms with van der Waals surface area (Å²) in [5.74, 6) is 1.44. The third-order valence-electron chi connectivity index (χ3n) is 4.58. The molecule has 5 nitrogen and oxygen atoms in total. The number of aliphatic hydroxyl groups is 1. The van der Waals surface area contributed by atoms with Crippen LogP contribution >= 0.6 is 11.3 Å². The second kappa shape index (κ2) is 5.62. The normalized spacial score (nSPS) is 15.1. The first-order chi connectivity index (χ1) is 11.2. The van der Waals surface area contributed by atoms with Crippen LogP contribution in [0, 0.1) is 6.92 Å². The maximum Gasteiger partial charge on any atom is 0.213 e. The zero-order chi connectivity index (χ0) is 16.0. The van der Waals surface area contributed by atoms with Gasteiger partial charge in [0.2, 0.25) is 4.96 Å². The third-order valence-corrected chi connectivity index (χ3v) is 5.66. The number of hydrogen-bond donors (Lipinski definition) is 1. The molecule has 4 rings (SSSR count). The second-order valence-corrected chi connectivity index (χ2v) is 7.00. The molecule has 2 heterocycles. The molecule has 1 fully saturated rings. The predicted molar refractivity (Wildman–Crippen MR) is 90.1 cm³/mol. The first kappa shape index (κ1) is 14.7. The fourth-order valence-electron chi connectivity index (χ4n) is 3.02. The van der Waals surface area contributed by atoms with Gasteiger partial charge in [-0.05, 0) is 43.5 Å². The smallest absolute Gasteiger partial charge is 0.213 e. The van der Waals surface area contributed by atoms with Crippen molar-refractivity contribution in [1.29, 1.82) is 0 Å². The van der Waals surface area contributed by atoms with Crippen molar-refractivity contribution in [1.82, 2.24) is 14.6 Å². The molecule has 1 saturated carbocycles. The Labute approximate surface area is 138 Å². The number of fused-ring (bicyclic) bond motifs is 1. The van der Waals surface area contributed by atoms with E-state index in [1.165, 1.54) is 19.3 Å². The minimum absolute atomic E-state index is 0.0740. The molecule has 0 aliphatic heterocycles. The Morgan fingerprint density at radius 2 is 2.22 bits per heavy atom. The van der Waals surface area contributed by atoms with E-state index in [0.717, 1.165) is 38.2 Å². The van der Waals surface area contributed by atoms with Gasteiger partial charge in [0.1, 0.15) is 10.8 Å². The minimum atomic E-state index is -0.0740. The lowest BCUT2D eigenvalue weighted by molar-refractivity contribution is 0.274. The van der Waals surface area contributed by atoms with E-state index in [1.807, 2.05) is 29.6 Å². The van der Waals surface area contributed by atoms with Crippen molar-refractivity contribution >= 4 is 16.3 Å². The molecule has 0 spiro atoms. The van der Waals surface area contributed by atoms with Crippen LogP contribution in [-0.4, -0.2) is 26.8 Å². The molecular weight excluding hydrogens is 310 g/mol. The van der Waals surface area contributed by atoms with Gasteiger partial charge in [-0.2, -0.15) is 5.10 Å². The largest absolute Gasteiger partial charge is 0.496 e. The topological polar surface area (TPSA) is 59.7 Å². The van der Waals surface area contributed by atoms with Gasteiger partial charge in [-0.1, -0.05) is 17.8 Å². The van der Waals surface area contributed by atoms with Crippen LogP contribution < -0.4 is 4.74 Å². The third kappa shape index (κ3) is 2.33. The van der Waals surface area contributed by atoms with Gasteiger partial charge in [0, 0.05) is 11.5 Å². The molecule has 0 bridgehead atoms. The highest BCUT2D eigenvalue weighted by Crippen LogP contribution is 2.39. The van der Waals surface area contributed by atoms with Crippen LogP contribution in [0.15, 0.2) is 18.2 Å². The zero-order valence-electron chi connectivity index (χ0n) is 13.2. The maximum atomic E-state index is 9.83. The number of aryl methyl sites for hydroxylation is 1. The quantitative estimate of drug-likeness (QED) is 0.795. The van der Waals surface area contributed by atoms with Gasteiger partial charge in [0.15, 0.2) is 0 Å². The Balaban J connectivity index is 1.80. The molecule has 1 N–H and O–H groups in total. The van der Waals surface area contributed by atoms with Crippen molar-refractivity contribution in [2.45, 2.75) is 38.7 Å². The lowest BCUT2D eigenvalue weighted by Gasteiger charge is -2.21. The number of ether oxygens (including phenoxy) is 1. The van der Waals surface area contributed by atoms with E-state index in [9.17, 15) is 5.11 Å². The lowest BCUT2D eigenvalue weighted by atomic mass is 9.86. The van der Waals surface area contributed by atoms with Crippen LogP contribution in [0.3, 0.4) is 0 Å². The molecular formula is C17H19N3O2S. The van der Waals surface area contributed by atoms with E-state index >= 15 is 0 Å². The van der Waals surface area contributed by atoms with Crippen molar-refractivity contribution in [2.24, 2.45) is 0 Å². The minimum Gasteiger partial charge on any atom is -0.496 e. The molecule has 0 unspecified atom stereocenters. The van der Waals surface area contributed by atoms with Crippen molar-refractivity contribution in [2.75, 3.05) is 7.11 Å². The van der Waals surface area contributed by atoms with Gasteiger partial charge in [-0.15, -0.1) is 0 Å². The van der Waals surface area contributed by atoms with E-state index in [2.05, 4.69) is 0 Å². The number of methoxy groups -OCH3 is 1. The van der Waals surface area contributed by atoms with Gasteiger partial charge in [0.25, 0.3) is 0 Å². The number of benzene rings is 1. The highest BCUT2D eigenvalue weighted by atomic mass is 32.1. The predicted octanol–water partition coefficient (Wildman–Crippen LogP) is 3.53. The number of imidazole rings is 1. The summed E-state index contributed by atoms with van der Waals surface area (Å²) >= 11 is 1.64. The average molecular weight is 329 g/mol. The number of aliphatic hydroxyl groups excluding tert-OH is 1. The number of aromatic nitrogens is 3. The number of rotatable bonds is 4. The Morgan fingerprint density at radius 1 is 1.39 bits per heavy atom. The van der Waals surface area contributed by atoms with E-state index in [1.54, 1.807) is 18.4 Å². The molecule has 0 atom stereocenters. The van der Waals surface area contributed by atoms with Gasteiger partial charge in [0.05, 0.1) is 25.1 Å². The molecule has 23 heavy (non-hydrogen) atoms. The summed E-state index contributed by atoms with van der Waals surface area (Å²) in [6, 6.07) is 5.95. The van der Waals surface area contributed by atoms with Crippen LogP contribution in [0.5, 0.6) is 5.75 Å². The zero-order valence-corrected chi connectivity index (χ0v) is 14.1. The van der Waals surface area contributed by atoms with Gasteiger partial charge in [-0.25, -0.2) is 9.50 Å².